The Balaban J connectivity index is 2.21. The van der Waals surface area contributed by atoms with Crippen molar-refractivity contribution in [3.05, 3.63) is 17.5 Å². The molecule has 0 aliphatic carbocycles. The molecule has 24 heavy (non-hydrogen) atoms. The number of rotatable bonds is 5. The van der Waals surface area contributed by atoms with Gasteiger partial charge in [0.25, 0.3) is 12.3 Å². The molecule has 0 saturated carbocycles. The van der Waals surface area contributed by atoms with Crippen molar-refractivity contribution in [1.82, 2.24) is 14.7 Å². The number of halogens is 2. The molecule has 1 aliphatic rings. The fourth-order valence-electron chi connectivity index (χ4n) is 3.15. The Morgan fingerprint density at radius 3 is 2.58 bits per heavy atom. The van der Waals surface area contributed by atoms with E-state index in [9.17, 15) is 18.4 Å². The first-order chi connectivity index (χ1) is 11.2. The SMILES string of the molecule is CC(C)Cn1ncc(C(=O)N2CCC(C(=O)O)C(C)C2)c1C(F)F. The van der Waals surface area contributed by atoms with Crippen LogP contribution in [0.25, 0.3) is 0 Å². The van der Waals surface area contributed by atoms with Gasteiger partial charge in [-0.15, -0.1) is 0 Å². The molecular weight excluding hydrogens is 320 g/mol. The summed E-state index contributed by atoms with van der Waals surface area (Å²) in [6.45, 7) is 6.33. The van der Waals surface area contributed by atoms with Gasteiger partial charge < -0.3 is 10.0 Å². The molecule has 134 valence electrons. The van der Waals surface area contributed by atoms with Gasteiger partial charge >= 0.3 is 5.97 Å². The molecule has 1 aromatic heterocycles. The van der Waals surface area contributed by atoms with Crippen LogP contribution in [0.5, 0.6) is 0 Å². The number of likely N-dealkylation sites (tertiary alicyclic amines) is 1. The number of piperidine rings is 1. The van der Waals surface area contributed by atoms with Crippen molar-refractivity contribution in [2.24, 2.45) is 17.8 Å². The van der Waals surface area contributed by atoms with Crippen LogP contribution in [0.3, 0.4) is 0 Å². The van der Waals surface area contributed by atoms with Gasteiger partial charge in [-0.3, -0.25) is 14.3 Å². The van der Waals surface area contributed by atoms with Gasteiger partial charge in [0.15, 0.2) is 0 Å². The van der Waals surface area contributed by atoms with E-state index in [1.54, 1.807) is 6.92 Å². The van der Waals surface area contributed by atoms with Gasteiger partial charge in [0, 0.05) is 19.6 Å². The van der Waals surface area contributed by atoms with E-state index in [0.29, 0.717) is 13.0 Å². The van der Waals surface area contributed by atoms with E-state index < -0.39 is 24.2 Å². The van der Waals surface area contributed by atoms with Crippen LogP contribution in [0, 0.1) is 17.8 Å². The van der Waals surface area contributed by atoms with Crippen LogP contribution < -0.4 is 0 Å². The Morgan fingerprint density at radius 2 is 2.08 bits per heavy atom. The zero-order valence-electron chi connectivity index (χ0n) is 14.1. The van der Waals surface area contributed by atoms with Crippen LogP contribution in [0.1, 0.15) is 49.7 Å². The molecule has 2 heterocycles. The molecule has 2 unspecified atom stereocenters. The zero-order valence-corrected chi connectivity index (χ0v) is 14.1. The molecule has 1 aromatic rings. The minimum Gasteiger partial charge on any atom is -0.481 e. The third kappa shape index (κ3) is 3.73. The van der Waals surface area contributed by atoms with Gasteiger partial charge in [-0.25, -0.2) is 8.78 Å². The van der Waals surface area contributed by atoms with E-state index in [4.69, 9.17) is 5.11 Å². The van der Waals surface area contributed by atoms with Gasteiger partial charge in [-0.2, -0.15) is 5.10 Å². The van der Waals surface area contributed by atoms with Gasteiger partial charge in [0.2, 0.25) is 0 Å². The van der Waals surface area contributed by atoms with Crippen molar-refractivity contribution in [2.75, 3.05) is 13.1 Å². The number of aromatic nitrogens is 2. The second-order valence-corrected chi connectivity index (χ2v) is 6.78. The van der Waals surface area contributed by atoms with Crippen LogP contribution >= 0.6 is 0 Å². The first-order valence-electron chi connectivity index (χ1n) is 8.08. The van der Waals surface area contributed by atoms with E-state index in [-0.39, 0.29) is 36.2 Å². The molecule has 0 radical (unpaired) electrons. The standard InChI is InChI=1S/C16H23F2N3O3/c1-9(2)7-21-13(14(17)18)12(6-19-21)15(22)20-5-4-11(16(23)24)10(3)8-20/h6,9-11,14H,4-5,7-8H2,1-3H3,(H,23,24). The summed E-state index contributed by atoms with van der Waals surface area (Å²) in [7, 11) is 0. The number of carbonyl (C=O) groups excluding carboxylic acids is 1. The number of carbonyl (C=O) groups is 2. The highest BCUT2D eigenvalue weighted by molar-refractivity contribution is 5.95. The topological polar surface area (TPSA) is 75.4 Å². The molecule has 1 aliphatic heterocycles. The number of carboxylic acids is 1. The summed E-state index contributed by atoms with van der Waals surface area (Å²) in [5, 5.41) is 13.1. The van der Waals surface area contributed by atoms with Crippen molar-refractivity contribution in [3.63, 3.8) is 0 Å². The average Bonchev–Trinajstić information content (AvgIpc) is 2.88. The Morgan fingerprint density at radius 1 is 1.42 bits per heavy atom. The molecule has 1 saturated heterocycles. The van der Waals surface area contributed by atoms with Crippen LogP contribution in [-0.4, -0.2) is 44.8 Å². The Hall–Kier alpha value is -1.99. The number of amides is 1. The normalized spacial score (nSPS) is 21.5. The summed E-state index contributed by atoms with van der Waals surface area (Å²) in [6.07, 6.45) is -1.27. The number of hydrogen-bond acceptors (Lipinski definition) is 3. The summed E-state index contributed by atoms with van der Waals surface area (Å²) < 4.78 is 28.1. The number of hydrogen-bond donors (Lipinski definition) is 1. The number of alkyl halides is 2. The van der Waals surface area contributed by atoms with Crippen molar-refractivity contribution in [2.45, 2.75) is 40.2 Å². The maximum Gasteiger partial charge on any atom is 0.306 e. The maximum atomic E-state index is 13.4. The second-order valence-electron chi connectivity index (χ2n) is 6.78. The lowest BCUT2D eigenvalue weighted by atomic mass is 9.87. The lowest BCUT2D eigenvalue weighted by Gasteiger charge is -2.34. The minimum absolute atomic E-state index is 0.0911. The van der Waals surface area contributed by atoms with Crippen molar-refractivity contribution < 1.29 is 23.5 Å². The van der Waals surface area contributed by atoms with Crippen LogP contribution in [-0.2, 0) is 11.3 Å². The molecule has 1 amide bonds. The predicted molar refractivity (Wildman–Crippen MR) is 82.8 cm³/mol. The molecule has 1 N–H and O–H groups in total. The molecule has 1 fully saturated rings. The fraction of sp³-hybridized carbons (Fsp3) is 0.688. The molecule has 2 rings (SSSR count). The smallest absolute Gasteiger partial charge is 0.306 e. The number of nitrogens with zero attached hydrogens (tertiary/aromatic N) is 3. The van der Waals surface area contributed by atoms with Gasteiger partial charge in [0.1, 0.15) is 5.69 Å². The molecule has 0 aromatic carbocycles. The predicted octanol–water partition coefficient (Wildman–Crippen LogP) is 2.66. The Kier molecular flexibility index (Phi) is 5.56. The first-order valence-corrected chi connectivity index (χ1v) is 8.08. The van der Waals surface area contributed by atoms with Crippen LogP contribution in [0.4, 0.5) is 8.78 Å². The molecule has 0 spiro atoms. The van der Waals surface area contributed by atoms with Crippen molar-refractivity contribution in [1.29, 1.82) is 0 Å². The Bertz CT molecular complexity index is 616. The van der Waals surface area contributed by atoms with Crippen LogP contribution in [0.2, 0.25) is 0 Å². The quantitative estimate of drug-likeness (QED) is 0.892. The zero-order chi connectivity index (χ0) is 18.0. The highest BCUT2D eigenvalue weighted by atomic mass is 19.3. The van der Waals surface area contributed by atoms with E-state index in [1.807, 2.05) is 13.8 Å². The van der Waals surface area contributed by atoms with Crippen molar-refractivity contribution >= 4 is 11.9 Å². The summed E-state index contributed by atoms with van der Waals surface area (Å²) in [6, 6.07) is 0. The third-order valence-corrected chi connectivity index (χ3v) is 4.37. The number of aliphatic carboxylic acids is 1. The van der Waals surface area contributed by atoms with Crippen molar-refractivity contribution in [3.8, 4) is 0 Å². The van der Waals surface area contributed by atoms with E-state index in [1.165, 1.54) is 15.8 Å². The molecule has 0 bridgehead atoms. The van der Waals surface area contributed by atoms with Gasteiger partial charge in [-0.05, 0) is 18.3 Å². The minimum atomic E-state index is -2.79. The van der Waals surface area contributed by atoms with Crippen LogP contribution in [0.15, 0.2) is 6.20 Å². The van der Waals surface area contributed by atoms with Gasteiger partial charge in [-0.1, -0.05) is 20.8 Å². The molecule has 2 atom stereocenters. The van der Waals surface area contributed by atoms with E-state index in [0.717, 1.165) is 0 Å². The maximum absolute atomic E-state index is 13.4. The van der Waals surface area contributed by atoms with Gasteiger partial charge in [0.05, 0.1) is 17.7 Å². The number of carboxylic acid groups (broad SMARTS) is 1. The van der Waals surface area contributed by atoms with E-state index >= 15 is 0 Å². The highest BCUT2D eigenvalue weighted by Crippen LogP contribution is 2.28. The average molecular weight is 343 g/mol. The lowest BCUT2D eigenvalue weighted by molar-refractivity contribution is -0.145. The summed E-state index contributed by atoms with van der Waals surface area (Å²) in [5.74, 6) is -1.99. The fourth-order valence-corrected chi connectivity index (χ4v) is 3.15. The summed E-state index contributed by atoms with van der Waals surface area (Å²) in [4.78, 5) is 25.2. The summed E-state index contributed by atoms with van der Waals surface area (Å²) in [5.41, 5.74) is -0.451. The Labute approximate surface area is 139 Å². The summed E-state index contributed by atoms with van der Waals surface area (Å²) >= 11 is 0. The highest BCUT2D eigenvalue weighted by Gasteiger charge is 2.35. The largest absolute Gasteiger partial charge is 0.481 e. The second kappa shape index (κ2) is 7.27. The molecular formula is C16H23F2N3O3. The third-order valence-electron chi connectivity index (χ3n) is 4.37. The monoisotopic (exact) mass is 343 g/mol. The molecule has 8 heteroatoms. The first kappa shape index (κ1) is 18.4. The lowest BCUT2D eigenvalue weighted by Crippen LogP contribution is -2.45. The van der Waals surface area contributed by atoms with E-state index in [2.05, 4.69) is 5.10 Å². The molecule has 6 nitrogen and oxygen atoms in total.